The van der Waals surface area contributed by atoms with E-state index in [0.717, 1.165) is 17.2 Å². The normalized spacial score (nSPS) is 37.4. The molecule has 30 atom stereocenters. The molecule has 9 fully saturated rings. The molecule has 10 aliphatic heterocycles. The number of aromatic nitrogens is 20. The Kier molecular flexibility index (Phi) is 26.2. The number of nitrogens with one attached hydrogen (secondary N) is 5. The number of rotatable bonds is 8. The van der Waals surface area contributed by atoms with Crippen LogP contribution in [0.1, 0.15) is 54.3 Å². The molecule has 0 aliphatic carbocycles. The lowest BCUT2D eigenvalue weighted by molar-refractivity contribution is -0.0674. The van der Waals surface area contributed by atoms with Gasteiger partial charge in [0.05, 0.1) is 89.8 Å². The van der Waals surface area contributed by atoms with Crippen LogP contribution in [0.15, 0.2) is 96.6 Å². The van der Waals surface area contributed by atoms with Crippen molar-refractivity contribution in [3.05, 3.63) is 130 Å². The summed E-state index contributed by atoms with van der Waals surface area (Å²) >= 11 is 10.4. The highest BCUT2D eigenvalue weighted by Crippen LogP contribution is 2.59. The predicted octanol–water partition coefficient (Wildman–Crippen LogP) is -2.45. The van der Waals surface area contributed by atoms with Crippen LogP contribution in [0.4, 0.5) is 28.1 Å². The summed E-state index contributed by atoms with van der Waals surface area (Å²) in [6.07, 6.45) is -23.6. The molecule has 21 heterocycles. The Balaban J connectivity index is 0.000000132. The SMILES string of the molecule is CO[C@H]1[C@H]2OP(=O)(O)OC[C@H]3O[C@@H](n4cnc5c(=O)cc[nH]c54)[C@H](O)[C@@H]3OP(=O)(O)OC[C@H]1O[C@H]2n1cnc2c(=O)[nH]c(N)nc21.Nc1nc2c(ncn2[C@@H]2O[C@@H]3COP(O)(=S)O[C@H]4[C@H](F)[C@H](n5cnc6c5N=CCC6=O)O[C@@H]4COP(O)(=S)O[C@@H]2[C@@H]3O)c(=O)[nH]1.[N-]=[N+]=N[C@H]1[C@H]2OP(=O)(O)OC[C@H]3O[C@@H](n4cnc5c(=O)cc[nH]c54)[C@H](O)[C@@H]3OP(=O)(O)OC[C@H]1O[C@H]2n1cnc2c(=O)[nH]c(N)nc21. The number of phosphoric acid groups is 4. The van der Waals surface area contributed by atoms with Crippen LogP contribution in [0.2, 0.25) is 0 Å². The third-order valence-corrected chi connectivity index (χ3v) is 29.7. The number of H-pyrrole nitrogens is 5. The van der Waals surface area contributed by atoms with Crippen LogP contribution in [0.3, 0.4) is 0 Å². The number of carbonyl (C=O) groups is 1. The first-order valence-electron chi connectivity index (χ1n) is 40.0. The molecular formula is C64H72FN27O38P6S2. The number of alkyl halides is 1. The number of aliphatic imine (C=N–C) groups is 1. The molecule has 10 aliphatic rings. The van der Waals surface area contributed by atoms with Crippen molar-refractivity contribution in [2.45, 2.75) is 154 Å². The highest BCUT2D eigenvalue weighted by molar-refractivity contribution is 8.07. The lowest BCUT2D eigenvalue weighted by Gasteiger charge is -2.27. The summed E-state index contributed by atoms with van der Waals surface area (Å²) in [5, 5.41) is 37.1. The molecule has 0 amide bonds. The monoisotopic (exact) mass is 2100 g/mol. The van der Waals surface area contributed by atoms with Gasteiger partial charge in [0.1, 0.15) is 103 Å². The second kappa shape index (κ2) is 37.2. The van der Waals surface area contributed by atoms with Gasteiger partial charge in [-0.25, -0.2) is 57.5 Å². The Morgan fingerprint density at radius 3 is 1.33 bits per heavy atom. The molecule has 74 heteroatoms. The number of fused-ring (bicyclic) bond motifs is 15. The molecule has 11 aromatic heterocycles. The van der Waals surface area contributed by atoms with E-state index in [-0.39, 0.29) is 97.4 Å². The zero-order valence-electron chi connectivity index (χ0n) is 69.1. The van der Waals surface area contributed by atoms with E-state index in [1.165, 1.54) is 86.0 Å². The van der Waals surface area contributed by atoms with Crippen molar-refractivity contribution in [3.8, 4) is 0 Å². The molecule has 138 heavy (non-hydrogen) atoms. The van der Waals surface area contributed by atoms with Gasteiger partial charge in [-0.1, -0.05) is 5.11 Å². The summed E-state index contributed by atoms with van der Waals surface area (Å²) in [7, 11) is -19.2. The minimum atomic E-state index is -5.17. The molecule has 0 radical (unpaired) electrons. The van der Waals surface area contributed by atoms with Gasteiger partial charge in [0.2, 0.25) is 28.7 Å². The van der Waals surface area contributed by atoms with E-state index in [0.29, 0.717) is 0 Å². The van der Waals surface area contributed by atoms with E-state index in [1.54, 1.807) is 0 Å². The highest BCUT2D eigenvalue weighted by atomic mass is 32.5. The zero-order valence-corrected chi connectivity index (χ0v) is 76.1. The van der Waals surface area contributed by atoms with Crippen molar-refractivity contribution in [2.75, 3.05) is 64.0 Å². The van der Waals surface area contributed by atoms with E-state index in [1.807, 2.05) is 0 Å². The Labute approximate surface area is 771 Å². The summed E-state index contributed by atoms with van der Waals surface area (Å²) in [5.41, 5.74) is 23.1. The third kappa shape index (κ3) is 18.7. The number of pyridine rings is 2. The maximum absolute atomic E-state index is 16.0. The van der Waals surface area contributed by atoms with Gasteiger partial charge in [0, 0.05) is 49.2 Å². The topological polar surface area (TPSA) is 892 Å². The van der Waals surface area contributed by atoms with Gasteiger partial charge >= 0.3 is 44.7 Å². The van der Waals surface area contributed by atoms with Crippen molar-refractivity contribution in [2.24, 2.45) is 10.1 Å². The number of nitrogen functional groups attached to an aromatic ring is 3. The zero-order chi connectivity index (χ0) is 97.6. The Hall–Kier alpha value is -9.82. The van der Waals surface area contributed by atoms with Gasteiger partial charge in [-0.3, -0.25) is 116 Å². The molecule has 6 unspecified atom stereocenters. The molecule has 11 aromatic rings. The smallest absolute Gasteiger partial charge is 0.387 e. The number of azide groups is 1. The molecule has 65 nitrogen and oxygen atoms in total. The quantitative estimate of drug-likeness (QED) is 0.0325. The number of Topliss-reactive ketones (excluding diaryl/α,β-unsaturated/α-hetero) is 1. The number of methoxy groups -OCH3 is 1. The van der Waals surface area contributed by atoms with E-state index in [4.69, 9.17) is 128 Å². The number of aromatic amines is 5. The largest absolute Gasteiger partial charge is 0.472 e. The summed E-state index contributed by atoms with van der Waals surface area (Å²) in [4.78, 5) is 194. The third-order valence-electron chi connectivity index (χ3n) is 22.7. The maximum atomic E-state index is 16.0. The number of phosphoric ester groups is 4. The van der Waals surface area contributed by atoms with Crippen LogP contribution in [0.5, 0.6) is 0 Å². The fourth-order valence-corrected chi connectivity index (χ4v) is 23.3. The predicted molar refractivity (Wildman–Crippen MR) is 455 cm³/mol. The number of imidazole rings is 6. The number of anilines is 3. The number of nitrogens with zero attached hydrogens (tertiary/aromatic N) is 19. The number of nitrogens with two attached hydrogens (primary N) is 3. The highest BCUT2D eigenvalue weighted by Gasteiger charge is 2.60. The fourth-order valence-electron chi connectivity index (χ4n) is 16.6. The number of aliphatic hydroxyl groups excluding tert-OH is 3. The maximum Gasteiger partial charge on any atom is 0.472 e. The van der Waals surface area contributed by atoms with Crippen LogP contribution >= 0.6 is 44.7 Å². The minimum absolute atomic E-state index is 0.000177. The number of hydrogen-bond donors (Lipinski definition) is 17. The number of ether oxygens (including phenoxy) is 7. The van der Waals surface area contributed by atoms with Gasteiger partial charge in [-0.2, -0.15) is 15.0 Å². The van der Waals surface area contributed by atoms with Crippen molar-refractivity contribution in [1.82, 2.24) is 97.2 Å². The Morgan fingerprint density at radius 2 is 0.841 bits per heavy atom. The lowest BCUT2D eigenvalue weighted by Crippen LogP contribution is -2.37. The average Bonchev–Trinajstić information content (AvgIpc) is 1.60. The van der Waals surface area contributed by atoms with Gasteiger partial charge < -0.3 is 114 Å². The average molecular weight is 2100 g/mol. The van der Waals surface area contributed by atoms with E-state index < -0.39 is 259 Å². The van der Waals surface area contributed by atoms with E-state index >= 15 is 4.39 Å². The summed E-state index contributed by atoms with van der Waals surface area (Å²) < 4.78 is 182. The second-order valence-corrected chi connectivity index (χ2v) is 42.4. The molecule has 6 bridgehead atoms. The first-order valence-corrected chi connectivity index (χ1v) is 51.2. The number of carbonyl (C=O) groups excluding carboxylic acids is 1. The molecule has 9 saturated heterocycles. The molecule has 0 spiro atoms. The second-order valence-electron chi connectivity index (χ2n) is 31.2. The van der Waals surface area contributed by atoms with Crippen molar-refractivity contribution in [3.63, 3.8) is 0 Å². The van der Waals surface area contributed by atoms with Gasteiger partial charge in [0.15, 0.2) is 105 Å². The van der Waals surface area contributed by atoms with Crippen LogP contribution in [-0.2, 0) is 129 Å². The number of hydrogen-bond acceptors (Lipinski definition) is 48. The lowest BCUT2D eigenvalue weighted by atomic mass is 10.1. The van der Waals surface area contributed by atoms with Gasteiger partial charge in [0.25, 0.3) is 16.7 Å². The molecule has 0 saturated carbocycles. The first kappa shape index (κ1) is 97.0. The molecule has 740 valence electrons. The Morgan fingerprint density at radius 1 is 0.464 bits per heavy atom. The summed E-state index contributed by atoms with van der Waals surface area (Å²) in [6, 6.07) is 0.965. The summed E-state index contributed by atoms with van der Waals surface area (Å²) in [6.45, 7) is -13.0. The Bertz CT molecular complexity index is 7360. The molecule has 0 aromatic carbocycles. The van der Waals surface area contributed by atoms with Crippen LogP contribution in [0, 0.1) is 0 Å². The standard InChI is InChI=1S/C22H26N8O14P2.C21H23FN8O11P2S2.C21H23N11O13P2/c1-38-15-10-5-40-45(34,35)43-14-9(41-20(13(14)32)29-6-25-11-8(31)2-3-24-17(11)29)4-39-46(36,37)44-16(15)21(42-10)30-7-26-12-18(30)27-22(23)28-19(12)33;22-10-14-9(39-19(10)29-5-25-11-7(31)1-2-24-16(11)29)4-37-43(35,45)41-15-13(32)8(3-36-42(34,44)40-14)38-20(15)30-6-26-12-17(30)27-21(23)28-18(12)33;22-21-27-17-12(18(35)28-21)26-6-32(17)20-15-11(29-30-23)8(42-20)3-40-46(36,37)44-14-9(4-41-47(38,39)45-15)43-19(13(14)34)31-5-25-10-7(33)1-2-24-16(10)31/h2-3,6-7,9-10,13-16,20-21,32H,4-5H2,1H3,(H,24,31)(H,34,35)(H,36,37)(H3,23,27,28,33);2,5-6,8-10,13-15,19-20,32H,1,3-4H2,(H,34,44)(H,35,45)(H3,23,27,28,33);1-2,5-6,8-9,11,13-15,19-20,34H,3-4H2,(H,24,33)(H,36,37)(H,38,39)(H3,22,27,28,35)/t9-,10-,13-,14-,15-,16-,20-,21-;8-,9-,10+,13-,14-,15-,19-,20-,42?,43?;8-,9-,11-,13-,14-,15-,19-,20-/m111/s1. The summed E-state index contributed by atoms with van der Waals surface area (Å²) in [5.74, 6) is -1.05. The van der Waals surface area contributed by atoms with Crippen molar-refractivity contribution < 1.29 is 160 Å². The number of aliphatic hydroxyl groups is 3. The number of halogens is 1. The molecule has 20 N–H and O–H groups in total. The minimum Gasteiger partial charge on any atom is -0.387 e. The number of ketones is 1. The van der Waals surface area contributed by atoms with Crippen molar-refractivity contribution >= 4 is 160 Å². The van der Waals surface area contributed by atoms with Crippen molar-refractivity contribution in [1.29, 1.82) is 0 Å². The van der Waals surface area contributed by atoms with Crippen LogP contribution in [-0.4, -0.2) is 310 Å². The van der Waals surface area contributed by atoms with Gasteiger partial charge in [-0.05, 0) is 29.1 Å². The fraction of sp³-hybridized carbons (Fsp3) is 0.500. The van der Waals surface area contributed by atoms with Crippen LogP contribution < -0.4 is 44.7 Å². The van der Waals surface area contributed by atoms with Crippen LogP contribution in [0.25, 0.3) is 66.3 Å². The van der Waals surface area contributed by atoms with E-state index in [2.05, 4.69) is 84.8 Å². The molecular weight excluding hydrogens is 2020 g/mol. The van der Waals surface area contributed by atoms with E-state index in [9.17, 15) is 97.2 Å². The molecule has 21 rings (SSSR count). The van der Waals surface area contributed by atoms with Gasteiger partial charge in [-0.15, -0.1) is 0 Å². The first-order chi connectivity index (χ1) is 65.5.